The van der Waals surface area contributed by atoms with Crippen LogP contribution in [0.4, 0.5) is 0 Å². The number of aldehydes is 1. The van der Waals surface area contributed by atoms with Crippen LogP contribution in [0.15, 0.2) is 84.9 Å². The Morgan fingerprint density at radius 3 is 1.35 bits per heavy atom. The van der Waals surface area contributed by atoms with Crippen LogP contribution in [0.5, 0.6) is 23.0 Å². The third-order valence-electron chi connectivity index (χ3n) is 5.52. The van der Waals surface area contributed by atoms with Crippen LogP contribution in [-0.2, 0) is 6.54 Å². The van der Waals surface area contributed by atoms with Crippen molar-refractivity contribution in [3.05, 3.63) is 118 Å². The van der Waals surface area contributed by atoms with Gasteiger partial charge in [-0.1, -0.05) is 36.4 Å². The normalized spacial score (nSPS) is 10.1. The van der Waals surface area contributed by atoms with Crippen LogP contribution in [0.2, 0.25) is 0 Å². The van der Waals surface area contributed by atoms with Gasteiger partial charge in [-0.25, -0.2) is 0 Å². The maximum atomic E-state index is 10.9. The molecule has 4 nitrogen and oxygen atoms in total. The summed E-state index contributed by atoms with van der Waals surface area (Å²) in [6.07, 6.45) is 0.886. The van der Waals surface area contributed by atoms with Gasteiger partial charge in [0.2, 0.25) is 0 Å². The first-order chi connectivity index (χ1) is 16.4. The molecule has 4 rings (SSSR count). The zero-order chi connectivity index (χ0) is 24.5. The molecule has 4 aromatic carbocycles. The number of para-hydroxylation sites is 2. The minimum absolute atomic E-state index is 0.573. The zero-order valence-electron chi connectivity index (χ0n) is 20.2. The minimum Gasteiger partial charge on any atom is -0.457 e. The van der Waals surface area contributed by atoms with Gasteiger partial charge in [0.05, 0.1) is 0 Å². The molecule has 0 fully saturated rings. The van der Waals surface area contributed by atoms with Gasteiger partial charge in [0.15, 0.2) is 6.29 Å². The van der Waals surface area contributed by atoms with Crippen LogP contribution in [0, 0.1) is 27.7 Å². The fourth-order valence-electron chi connectivity index (χ4n) is 3.76. The topological polar surface area (TPSA) is 61.5 Å². The van der Waals surface area contributed by atoms with Gasteiger partial charge in [-0.05, 0) is 104 Å². The lowest BCUT2D eigenvalue weighted by Crippen LogP contribution is -2.02. The molecule has 0 aromatic heterocycles. The molecule has 2 N–H and O–H groups in total. The third-order valence-corrected chi connectivity index (χ3v) is 5.52. The molecule has 0 aliphatic heterocycles. The Morgan fingerprint density at radius 1 is 0.618 bits per heavy atom. The molecule has 0 radical (unpaired) electrons. The van der Waals surface area contributed by atoms with E-state index in [4.69, 9.17) is 15.2 Å². The molecule has 0 aliphatic carbocycles. The highest BCUT2D eigenvalue weighted by Crippen LogP contribution is 2.27. The Balaban J connectivity index is 0.000000191. The maximum Gasteiger partial charge on any atom is 0.150 e. The molecule has 0 bridgehead atoms. The van der Waals surface area contributed by atoms with E-state index in [9.17, 15) is 4.79 Å². The van der Waals surface area contributed by atoms with Crippen molar-refractivity contribution in [2.24, 2.45) is 5.73 Å². The molecular formula is C30H31NO3. The van der Waals surface area contributed by atoms with Gasteiger partial charge in [-0.15, -0.1) is 0 Å². The second-order valence-electron chi connectivity index (χ2n) is 8.16. The van der Waals surface area contributed by atoms with Crippen molar-refractivity contribution in [2.75, 3.05) is 0 Å². The highest BCUT2D eigenvalue weighted by molar-refractivity contribution is 5.80. The van der Waals surface area contributed by atoms with Crippen LogP contribution in [-0.4, -0.2) is 6.29 Å². The van der Waals surface area contributed by atoms with Crippen molar-refractivity contribution in [1.29, 1.82) is 0 Å². The Kier molecular flexibility index (Phi) is 8.60. The second-order valence-corrected chi connectivity index (χ2v) is 8.16. The van der Waals surface area contributed by atoms with E-state index in [2.05, 4.69) is 13.8 Å². The molecule has 0 aliphatic rings. The number of aryl methyl sites for hydroxylation is 4. The third kappa shape index (κ3) is 6.56. The van der Waals surface area contributed by atoms with E-state index < -0.39 is 0 Å². The number of carbonyl (C=O) groups is 1. The van der Waals surface area contributed by atoms with Gasteiger partial charge in [-0.2, -0.15) is 0 Å². The van der Waals surface area contributed by atoms with Gasteiger partial charge in [-0.3, -0.25) is 4.79 Å². The highest BCUT2D eigenvalue weighted by atomic mass is 16.5. The molecule has 4 heteroatoms. The van der Waals surface area contributed by atoms with E-state index in [0.717, 1.165) is 46.0 Å². The molecule has 0 atom stereocenters. The molecule has 0 amide bonds. The molecular weight excluding hydrogens is 422 g/mol. The predicted molar refractivity (Wildman–Crippen MR) is 138 cm³/mol. The molecule has 0 saturated heterocycles. The largest absolute Gasteiger partial charge is 0.457 e. The fraction of sp³-hybridized carbons (Fsp3) is 0.167. The number of hydrogen-bond donors (Lipinski definition) is 1. The Bertz CT molecular complexity index is 1190. The lowest BCUT2D eigenvalue weighted by Gasteiger charge is -2.12. The Morgan fingerprint density at radius 2 is 1.00 bits per heavy atom. The van der Waals surface area contributed by atoms with Gasteiger partial charge in [0.25, 0.3) is 0 Å². The number of benzene rings is 4. The van der Waals surface area contributed by atoms with E-state index in [1.165, 1.54) is 16.7 Å². The fourth-order valence-corrected chi connectivity index (χ4v) is 3.76. The lowest BCUT2D eigenvalue weighted by atomic mass is 10.0. The van der Waals surface area contributed by atoms with Gasteiger partial charge in [0.1, 0.15) is 23.0 Å². The minimum atomic E-state index is 0.573. The predicted octanol–water partition coefficient (Wildman–Crippen LogP) is 7.46. The smallest absolute Gasteiger partial charge is 0.150 e. The molecule has 34 heavy (non-hydrogen) atoms. The molecule has 174 valence electrons. The summed E-state index contributed by atoms with van der Waals surface area (Å²) in [5.74, 6) is 3.28. The molecule has 0 spiro atoms. The van der Waals surface area contributed by atoms with Crippen LogP contribution < -0.4 is 15.2 Å². The highest BCUT2D eigenvalue weighted by Gasteiger charge is 2.06. The average molecular weight is 454 g/mol. The number of hydrogen-bond acceptors (Lipinski definition) is 4. The molecule has 4 aromatic rings. The van der Waals surface area contributed by atoms with E-state index in [0.29, 0.717) is 6.54 Å². The van der Waals surface area contributed by atoms with Crippen LogP contribution in [0.25, 0.3) is 0 Å². The summed E-state index contributed by atoms with van der Waals surface area (Å²) in [4.78, 5) is 10.9. The number of carbonyl (C=O) groups excluding carboxylic acids is 1. The first-order valence-electron chi connectivity index (χ1n) is 11.2. The SMILES string of the molecule is Cc1cc(Oc2ccccc2)cc(C)c1C=O.Cc1cc(Oc2ccccc2)cc(C)c1CN. The number of ether oxygens (including phenoxy) is 2. The standard InChI is InChI=1S/C15H17NO.C15H14O2/c2*1-11-8-14(9-12(2)15(11)10-16)17-13-6-4-3-5-7-13/h3-9H,10,16H2,1-2H3;3-10H,1-2H3. The summed E-state index contributed by atoms with van der Waals surface area (Å²) < 4.78 is 11.5. The summed E-state index contributed by atoms with van der Waals surface area (Å²) in [6, 6.07) is 27.2. The quantitative estimate of drug-likeness (QED) is 0.308. The Hall–Kier alpha value is -3.89. The second kappa shape index (κ2) is 11.8. The van der Waals surface area contributed by atoms with Crippen molar-refractivity contribution in [2.45, 2.75) is 34.2 Å². The van der Waals surface area contributed by atoms with Crippen molar-refractivity contribution < 1.29 is 14.3 Å². The zero-order valence-corrected chi connectivity index (χ0v) is 20.2. The van der Waals surface area contributed by atoms with Crippen LogP contribution in [0.3, 0.4) is 0 Å². The van der Waals surface area contributed by atoms with E-state index in [1.54, 1.807) is 0 Å². The molecule has 0 unspecified atom stereocenters. The number of rotatable bonds is 6. The first kappa shape index (κ1) is 24.7. The van der Waals surface area contributed by atoms with E-state index >= 15 is 0 Å². The van der Waals surface area contributed by atoms with E-state index in [1.807, 2.05) is 98.8 Å². The monoisotopic (exact) mass is 453 g/mol. The summed E-state index contributed by atoms with van der Waals surface area (Å²) in [5.41, 5.74) is 11.9. The summed E-state index contributed by atoms with van der Waals surface area (Å²) in [5, 5.41) is 0. The van der Waals surface area contributed by atoms with Crippen molar-refractivity contribution in [3.63, 3.8) is 0 Å². The average Bonchev–Trinajstić information content (AvgIpc) is 2.81. The summed E-state index contributed by atoms with van der Waals surface area (Å²) >= 11 is 0. The van der Waals surface area contributed by atoms with Crippen LogP contribution >= 0.6 is 0 Å². The van der Waals surface area contributed by atoms with Crippen LogP contribution in [0.1, 0.15) is 38.2 Å². The van der Waals surface area contributed by atoms with Crippen molar-refractivity contribution in [3.8, 4) is 23.0 Å². The maximum absolute atomic E-state index is 10.9. The summed E-state index contributed by atoms with van der Waals surface area (Å²) in [6.45, 7) is 8.52. The summed E-state index contributed by atoms with van der Waals surface area (Å²) in [7, 11) is 0. The Labute approximate surface area is 202 Å². The van der Waals surface area contributed by atoms with Gasteiger partial charge < -0.3 is 15.2 Å². The lowest BCUT2D eigenvalue weighted by molar-refractivity contribution is 0.112. The molecule has 0 heterocycles. The van der Waals surface area contributed by atoms with E-state index in [-0.39, 0.29) is 0 Å². The van der Waals surface area contributed by atoms with Crippen molar-refractivity contribution in [1.82, 2.24) is 0 Å². The first-order valence-corrected chi connectivity index (χ1v) is 11.2. The van der Waals surface area contributed by atoms with Crippen molar-refractivity contribution >= 4 is 6.29 Å². The van der Waals surface area contributed by atoms with Gasteiger partial charge >= 0.3 is 0 Å². The molecule has 0 saturated carbocycles. The number of nitrogens with two attached hydrogens (primary N) is 1. The van der Waals surface area contributed by atoms with Gasteiger partial charge in [0, 0.05) is 12.1 Å².